The molecule has 0 bridgehead atoms. The van der Waals surface area contributed by atoms with E-state index in [2.05, 4.69) is 41.5 Å². The predicted octanol–water partition coefficient (Wildman–Crippen LogP) is 7.23. The molecule has 1 saturated carbocycles. The molecule has 0 spiro atoms. The van der Waals surface area contributed by atoms with Gasteiger partial charge in [0.2, 0.25) is 0 Å². The number of unbranched alkanes of at least 4 members (excludes halogenated alkanes) is 1. The highest BCUT2D eigenvalue weighted by Gasteiger charge is 2.09. The summed E-state index contributed by atoms with van der Waals surface area (Å²) < 4.78 is 0. The summed E-state index contributed by atoms with van der Waals surface area (Å²) in [7, 11) is 0. The van der Waals surface area contributed by atoms with Gasteiger partial charge in [-0.05, 0) is 11.8 Å². The highest BCUT2D eigenvalue weighted by Crippen LogP contribution is 2.25. The first-order valence-electron chi connectivity index (χ1n) is 9.19. The number of hydrogen-bond donors (Lipinski definition) is 0. The number of rotatable bonds is 5. The van der Waals surface area contributed by atoms with Gasteiger partial charge in [-0.15, -0.1) is 0 Å². The Balaban J connectivity index is -0.000000224. The molecule has 0 unspecified atom stereocenters. The molecule has 1 aliphatic carbocycles. The molecule has 0 atom stereocenters. The largest absolute Gasteiger partial charge is 0.0654 e. The van der Waals surface area contributed by atoms with Crippen LogP contribution in [0.5, 0.6) is 0 Å². The molecule has 1 fully saturated rings. The van der Waals surface area contributed by atoms with E-state index in [0.717, 1.165) is 11.8 Å². The van der Waals surface area contributed by atoms with Gasteiger partial charge in [0.25, 0.3) is 0 Å². The minimum absolute atomic E-state index is 0. The summed E-state index contributed by atoms with van der Waals surface area (Å²) in [5, 5.41) is 0. The molecule has 0 amide bonds. The fraction of sp³-hybridized carbons (Fsp3) is 1.00. The first-order valence-corrected chi connectivity index (χ1v) is 9.19. The Morgan fingerprint density at radius 2 is 1.10 bits per heavy atom. The predicted molar refractivity (Wildman–Crippen MR) is 97.6 cm³/mol. The van der Waals surface area contributed by atoms with Gasteiger partial charge in [0.15, 0.2) is 0 Å². The van der Waals surface area contributed by atoms with Crippen LogP contribution < -0.4 is 0 Å². The van der Waals surface area contributed by atoms with Crippen molar-refractivity contribution in [2.75, 3.05) is 0 Å². The quantitative estimate of drug-likeness (QED) is 0.466. The molecular formula is C19H42B. The molecule has 1 aliphatic rings. The summed E-state index contributed by atoms with van der Waals surface area (Å²) in [5.41, 5.74) is 0. The zero-order valence-corrected chi connectivity index (χ0v) is 15.5. The highest BCUT2D eigenvalue weighted by atomic mass is 14.2. The van der Waals surface area contributed by atoms with E-state index in [-0.39, 0.29) is 8.41 Å². The van der Waals surface area contributed by atoms with Crippen molar-refractivity contribution in [1.29, 1.82) is 0 Å². The van der Waals surface area contributed by atoms with E-state index in [1.807, 2.05) is 0 Å². The molecule has 0 saturated heterocycles. The Morgan fingerprint density at radius 1 is 0.700 bits per heavy atom. The van der Waals surface area contributed by atoms with Crippen LogP contribution in [0.3, 0.4) is 0 Å². The Bertz CT molecular complexity index is 127. The van der Waals surface area contributed by atoms with Crippen LogP contribution in [0.2, 0.25) is 0 Å². The van der Waals surface area contributed by atoms with Gasteiger partial charge in [-0.1, -0.05) is 112 Å². The van der Waals surface area contributed by atoms with Crippen LogP contribution in [0.15, 0.2) is 0 Å². The van der Waals surface area contributed by atoms with E-state index in [1.165, 1.54) is 70.6 Å². The van der Waals surface area contributed by atoms with Gasteiger partial charge in [0.05, 0.1) is 0 Å². The van der Waals surface area contributed by atoms with Gasteiger partial charge in [0.1, 0.15) is 0 Å². The highest BCUT2D eigenvalue weighted by molar-refractivity contribution is 5.75. The van der Waals surface area contributed by atoms with Gasteiger partial charge >= 0.3 is 0 Å². The third-order valence-electron chi connectivity index (χ3n) is 4.53. The molecule has 0 aromatic heterocycles. The molecule has 20 heavy (non-hydrogen) atoms. The summed E-state index contributed by atoms with van der Waals surface area (Å²) >= 11 is 0. The molecule has 3 radical (unpaired) electrons. The maximum atomic E-state index is 2.32. The van der Waals surface area contributed by atoms with E-state index in [0.29, 0.717) is 0 Å². The first-order chi connectivity index (χ1) is 9.19. The second kappa shape index (κ2) is 21.4. The average Bonchev–Trinajstić information content (AvgIpc) is 2.51. The van der Waals surface area contributed by atoms with E-state index < -0.39 is 0 Å². The fourth-order valence-electron chi connectivity index (χ4n) is 2.46. The van der Waals surface area contributed by atoms with Crippen LogP contribution in [0.1, 0.15) is 112 Å². The van der Waals surface area contributed by atoms with Gasteiger partial charge in [0, 0.05) is 8.41 Å². The Labute approximate surface area is 133 Å². The SMILES string of the molecule is CCC(CC)CC.CCC1CCCCC1.CCCC.[B]. The van der Waals surface area contributed by atoms with E-state index >= 15 is 0 Å². The zero-order valence-electron chi connectivity index (χ0n) is 15.5. The zero-order chi connectivity index (χ0) is 14.9. The molecule has 1 rings (SSSR count). The van der Waals surface area contributed by atoms with Gasteiger partial charge in [-0.25, -0.2) is 0 Å². The lowest BCUT2D eigenvalue weighted by atomic mass is 9.88. The van der Waals surface area contributed by atoms with Gasteiger partial charge in [-0.3, -0.25) is 0 Å². The molecule has 0 aromatic carbocycles. The molecule has 0 heterocycles. The van der Waals surface area contributed by atoms with Crippen LogP contribution in [0.4, 0.5) is 0 Å². The summed E-state index contributed by atoms with van der Waals surface area (Å²) in [6.07, 6.45) is 15.6. The minimum atomic E-state index is 0. The summed E-state index contributed by atoms with van der Waals surface area (Å²) in [6, 6.07) is 0. The first kappa shape index (κ1) is 25.0. The van der Waals surface area contributed by atoms with Crippen molar-refractivity contribution >= 4 is 8.41 Å². The van der Waals surface area contributed by atoms with E-state index in [9.17, 15) is 0 Å². The molecule has 0 aliphatic heterocycles. The standard InChI is InChI=1S/C8H16.C7H16.C4H10.B/c1-2-8-6-4-3-5-7-8;1-4-7(5-2)6-3;1-3-4-2;/h8H,2-7H2,1H3;7H,4-6H2,1-3H3;3-4H2,1-2H3;. The summed E-state index contributed by atoms with van der Waals surface area (Å²) in [5.74, 6) is 2.07. The van der Waals surface area contributed by atoms with Crippen LogP contribution in [0.25, 0.3) is 0 Å². The maximum absolute atomic E-state index is 2.32. The van der Waals surface area contributed by atoms with E-state index in [1.54, 1.807) is 0 Å². The summed E-state index contributed by atoms with van der Waals surface area (Å²) in [6.45, 7) is 13.5. The fourth-order valence-corrected chi connectivity index (χ4v) is 2.46. The maximum Gasteiger partial charge on any atom is 0 e. The van der Waals surface area contributed by atoms with Crippen molar-refractivity contribution in [3.8, 4) is 0 Å². The third kappa shape index (κ3) is 18.1. The second-order valence-corrected chi connectivity index (χ2v) is 6.00. The lowest BCUT2D eigenvalue weighted by Gasteiger charge is -2.18. The van der Waals surface area contributed by atoms with Crippen LogP contribution >= 0.6 is 0 Å². The minimum Gasteiger partial charge on any atom is -0.0654 e. The molecule has 0 N–H and O–H groups in total. The normalized spacial score (nSPS) is 14.6. The molecule has 121 valence electrons. The lowest BCUT2D eigenvalue weighted by Crippen LogP contribution is -2.03. The van der Waals surface area contributed by atoms with Crippen molar-refractivity contribution in [2.45, 2.75) is 112 Å². The van der Waals surface area contributed by atoms with Crippen LogP contribution in [-0.4, -0.2) is 8.41 Å². The van der Waals surface area contributed by atoms with Crippen LogP contribution in [-0.2, 0) is 0 Å². The van der Waals surface area contributed by atoms with Crippen molar-refractivity contribution < 1.29 is 0 Å². The smallest absolute Gasteiger partial charge is 0 e. The third-order valence-corrected chi connectivity index (χ3v) is 4.53. The van der Waals surface area contributed by atoms with Crippen molar-refractivity contribution in [3.63, 3.8) is 0 Å². The van der Waals surface area contributed by atoms with E-state index in [4.69, 9.17) is 0 Å². The molecule has 0 nitrogen and oxygen atoms in total. The molecule has 1 heteroatoms. The topological polar surface area (TPSA) is 0 Å². The second-order valence-electron chi connectivity index (χ2n) is 6.00. The Hall–Kier alpha value is 0.0649. The monoisotopic (exact) mass is 281 g/mol. The van der Waals surface area contributed by atoms with Crippen molar-refractivity contribution in [1.82, 2.24) is 0 Å². The molecular weight excluding hydrogens is 239 g/mol. The van der Waals surface area contributed by atoms with Gasteiger partial charge in [-0.2, -0.15) is 0 Å². The molecule has 0 aromatic rings. The van der Waals surface area contributed by atoms with Crippen molar-refractivity contribution in [3.05, 3.63) is 0 Å². The summed E-state index contributed by atoms with van der Waals surface area (Å²) in [4.78, 5) is 0. The number of hydrogen-bond acceptors (Lipinski definition) is 0. The van der Waals surface area contributed by atoms with Gasteiger partial charge < -0.3 is 0 Å². The van der Waals surface area contributed by atoms with Crippen molar-refractivity contribution in [2.24, 2.45) is 11.8 Å². The Kier molecular flexibility index (Phi) is 26.8. The Morgan fingerprint density at radius 3 is 1.25 bits per heavy atom. The van der Waals surface area contributed by atoms with Crippen LogP contribution in [0, 0.1) is 11.8 Å². The average molecular weight is 281 g/mol. The lowest BCUT2D eigenvalue weighted by molar-refractivity contribution is 0.349.